The lowest BCUT2D eigenvalue weighted by atomic mass is 10.2. The van der Waals surface area contributed by atoms with E-state index in [9.17, 15) is 13.2 Å². The molecule has 0 aliphatic heterocycles. The van der Waals surface area contributed by atoms with Crippen LogP contribution in [0.1, 0.15) is 5.56 Å². The van der Waals surface area contributed by atoms with Crippen molar-refractivity contribution in [1.82, 2.24) is 10.3 Å². The van der Waals surface area contributed by atoms with Gasteiger partial charge in [0.2, 0.25) is 5.91 Å². The minimum absolute atomic E-state index is 0.0684. The van der Waals surface area contributed by atoms with Crippen LogP contribution in [0, 0.1) is 6.92 Å². The largest absolute Gasteiger partial charge is 0.495 e. The van der Waals surface area contributed by atoms with Crippen molar-refractivity contribution in [3.8, 4) is 11.5 Å². The third kappa shape index (κ3) is 6.52. The van der Waals surface area contributed by atoms with Gasteiger partial charge in [-0.15, -0.1) is 0 Å². The van der Waals surface area contributed by atoms with Crippen LogP contribution >= 0.6 is 23.2 Å². The van der Waals surface area contributed by atoms with Gasteiger partial charge >= 0.3 is 0 Å². The normalized spacial score (nSPS) is 11.2. The van der Waals surface area contributed by atoms with E-state index >= 15 is 0 Å². The quantitative estimate of drug-likeness (QED) is 0.224. The number of amides is 1. The van der Waals surface area contributed by atoms with Gasteiger partial charge in [-0.1, -0.05) is 29.3 Å². The number of fused-ring (bicyclic) bond motifs is 1. The van der Waals surface area contributed by atoms with E-state index < -0.39 is 22.5 Å². The number of pyridine rings is 1. The molecule has 0 unspecified atom stereocenters. The molecule has 1 heterocycles. The summed E-state index contributed by atoms with van der Waals surface area (Å²) in [5, 5.41) is 7.72. The van der Waals surface area contributed by atoms with Crippen molar-refractivity contribution in [2.75, 3.05) is 43.5 Å². The fourth-order valence-corrected chi connectivity index (χ4v) is 6.16. The first-order chi connectivity index (χ1) is 19.1. The average Bonchev–Trinajstić information content (AvgIpc) is 2.93. The van der Waals surface area contributed by atoms with Crippen molar-refractivity contribution in [1.29, 1.82) is 0 Å². The van der Waals surface area contributed by atoms with Crippen LogP contribution < -0.4 is 24.4 Å². The van der Waals surface area contributed by atoms with Crippen molar-refractivity contribution >= 4 is 61.4 Å². The topological polar surface area (TPSA) is 110 Å². The minimum atomic E-state index is -4.24. The zero-order chi connectivity index (χ0) is 28.9. The molecule has 1 amide bonds. The lowest BCUT2D eigenvalue weighted by molar-refractivity contribution is -0.119. The molecular formula is C28H28Cl2N4O5S. The van der Waals surface area contributed by atoms with Gasteiger partial charge in [0.05, 0.1) is 30.4 Å². The van der Waals surface area contributed by atoms with Gasteiger partial charge in [0.1, 0.15) is 22.9 Å². The van der Waals surface area contributed by atoms with E-state index in [1.54, 1.807) is 43.5 Å². The van der Waals surface area contributed by atoms with Crippen molar-refractivity contribution in [2.45, 2.75) is 11.8 Å². The van der Waals surface area contributed by atoms with Gasteiger partial charge in [0.25, 0.3) is 10.0 Å². The number of benzene rings is 3. The molecule has 3 aromatic carbocycles. The zero-order valence-corrected chi connectivity index (χ0v) is 24.4. The molecule has 40 heavy (non-hydrogen) atoms. The second-order valence-electron chi connectivity index (χ2n) is 8.78. The first-order valence-corrected chi connectivity index (χ1v) is 14.4. The summed E-state index contributed by atoms with van der Waals surface area (Å²) < 4.78 is 39.3. The van der Waals surface area contributed by atoms with Crippen LogP contribution in [0.4, 0.5) is 11.4 Å². The molecule has 0 radical (unpaired) electrons. The van der Waals surface area contributed by atoms with Crippen LogP contribution in [0.25, 0.3) is 10.9 Å². The molecule has 1 aromatic heterocycles. The van der Waals surface area contributed by atoms with Crippen molar-refractivity contribution in [3.05, 3.63) is 82.5 Å². The molecule has 12 heteroatoms. The highest BCUT2D eigenvalue weighted by Crippen LogP contribution is 2.34. The van der Waals surface area contributed by atoms with Gasteiger partial charge < -0.3 is 20.1 Å². The Labute approximate surface area is 243 Å². The van der Waals surface area contributed by atoms with Crippen molar-refractivity contribution in [2.24, 2.45) is 0 Å². The number of rotatable bonds is 11. The van der Waals surface area contributed by atoms with Crippen LogP contribution in [0.5, 0.6) is 11.5 Å². The number of aromatic nitrogens is 1. The Morgan fingerprint density at radius 2 is 1.70 bits per heavy atom. The summed E-state index contributed by atoms with van der Waals surface area (Å²) in [5.74, 6) is 0.0262. The number of hydrogen-bond donors (Lipinski definition) is 2. The molecule has 0 aliphatic carbocycles. The molecule has 9 nitrogen and oxygen atoms in total. The predicted octanol–water partition coefficient (Wildman–Crippen LogP) is 5.29. The Morgan fingerprint density at radius 3 is 2.42 bits per heavy atom. The average molecular weight is 604 g/mol. The monoisotopic (exact) mass is 602 g/mol. The number of ether oxygens (including phenoxy) is 2. The van der Waals surface area contributed by atoms with Crippen LogP contribution in [-0.4, -0.2) is 53.2 Å². The lowest BCUT2D eigenvalue weighted by Crippen LogP contribution is -2.42. The molecule has 210 valence electrons. The molecule has 0 saturated heterocycles. The summed E-state index contributed by atoms with van der Waals surface area (Å²) in [6.07, 6.45) is 1.67. The molecular weight excluding hydrogens is 575 g/mol. The van der Waals surface area contributed by atoms with E-state index in [1.807, 2.05) is 12.1 Å². The summed E-state index contributed by atoms with van der Waals surface area (Å²) in [7, 11) is -1.39. The molecule has 2 N–H and O–H groups in total. The number of anilines is 2. The molecule has 0 fully saturated rings. The van der Waals surface area contributed by atoms with Gasteiger partial charge in [-0.25, -0.2) is 8.42 Å². The Kier molecular flexibility index (Phi) is 9.24. The van der Waals surface area contributed by atoms with Crippen LogP contribution in [0.3, 0.4) is 0 Å². The third-order valence-electron chi connectivity index (χ3n) is 6.07. The maximum absolute atomic E-state index is 13.9. The minimum Gasteiger partial charge on any atom is -0.495 e. The van der Waals surface area contributed by atoms with Crippen molar-refractivity contribution in [3.63, 3.8) is 0 Å². The predicted molar refractivity (Wildman–Crippen MR) is 159 cm³/mol. The Balaban J connectivity index is 1.53. The second-order valence-corrected chi connectivity index (χ2v) is 11.5. The highest BCUT2D eigenvalue weighted by molar-refractivity contribution is 7.93. The summed E-state index contributed by atoms with van der Waals surface area (Å²) >= 11 is 12.4. The highest BCUT2D eigenvalue weighted by Gasteiger charge is 2.30. The molecule has 0 spiro atoms. The summed E-state index contributed by atoms with van der Waals surface area (Å²) in [4.78, 5) is 17.3. The van der Waals surface area contributed by atoms with Gasteiger partial charge in [0.15, 0.2) is 0 Å². The molecule has 0 atom stereocenters. The molecule has 0 aliphatic rings. The number of nitrogens with one attached hydrogen (secondary N) is 2. The number of sulfonamides is 1. The van der Waals surface area contributed by atoms with Gasteiger partial charge in [-0.05, 0) is 67.1 Å². The summed E-state index contributed by atoms with van der Waals surface area (Å²) in [6, 6.07) is 16.6. The molecule has 0 bridgehead atoms. The number of methoxy groups -OCH3 is 2. The maximum Gasteiger partial charge on any atom is 0.268 e. The van der Waals surface area contributed by atoms with E-state index in [1.165, 1.54) is 32.4 Å². The van der Waals surface area contributed by atoms with E-state index in [4.69, 9.17) is 32.7 Å². The lowest BCUT2D eigenvalue weighted by Gasteiger charge is -2.25. The van der Waals surface area contributed by atoms with E-state index in [0.717, 1.165) is 20.9 Å². The van der Waals surface area contributed by atoms with Gasteiger partial charge in [-0.3, -0.25) is 14.1 Å². The molecule has 0 saturated carbocycles. The van der Waals surface area contributed by atoms with E-state index in [-0.39, 0.29) is 27.9 Å². The molecule has 4 rings (SSSR count). The first-order valence-electron chi connectivity index (χ1n) is 12.2. The highest BCUT2D eigenvalue weighted by atomic mass is 35.5. The number of carbonyl (C=O) groups excluding carboxylic acids is 1. The number of hydrogen-bond acceptors (Lipinski definition) is 7. The second kappa shape index (κ2) is 12.6. The fraction of sp³-hybridized carbons (Fsp3) is 0.214. The Morgan fingerprint density at radius 1 is 0.950 bits per heavy atom. The van der Waals surface area contributed by atoms with Gasteiger partial charge in [-0.2, -0.15) is 0 Å². The van der Waals surface area contributed by atoms with E-state index in [2.05, 4.69) is 15.6 Å². The molecule has 4 aromatic rings. The van der Waals surface area contributed by atoms with Crippen LogP contribution in [0.2, 0.25) is 10.0 Å². The van der Waals surface area contributed by atoms with Gasteiger partial charge in [0, 0.05) is 35.4 Å². The smallest absolute Gasteiger partial charge is 0.268 e. The summed E-state index contributed by atoms with van der Waals surface area (Å²) in [6.45, 7) is 1.91. The van der Waals surface area contributed by atoms with Crippen LogP contribution in [0.15, 0.2) is 71.8 Å². The first kappa shape index (κ1) is 29.3. The Hall–Kier alpha value is -3.73. The number of aryl methyl sites for hydroxylation is 1. The third-order valence-corrected chi connectivity index (χ3v) is 8.39. The van der Waals surface area contributed by atoms with Crippen LogP contribution in [-0.2, 0) is 14.8 Å². The summed E-state index contributed by atoms with van der Waals surface area (Å²) in [5.41, 5.74) is 2.49. The standard InChI is InChI=1S/C28H28Cl2N4O5S/c1-18-4-8-26(39-3)27(14-18)40(36,37)34(20-6-9-25(38-2)22(30)16-20)17-28(35)33-13-12-32-23-10-11-31-24-15-19(29)5-7-21(23)24/h4-11,14-16H,12-13,17H2,1-3H3,(H,31,32)(H,33,35). The number of halogens is 2. The fourth-order valence-electron chi connectivity index (χ4n) is 4.09. The SMILES string of the molecule is COc1ccc(N(CC(=O)NCCNc2ccnc3cc(Cl)ccc23)S(=O)(=O)c2cc(C)ccc2OC)cc1Cl. The van der Waals surface area contributed by atoms with Crippen molar-refractivity contribution < 1.29 is 22.7 Å². The number of nitrogens with zero attached hydrogens (tertiary/aromatic N) is 2. The number of carbonyl (C=O) groups is 1. The van der Waals surface area contributed by atoms with E-state index in [0.29, 0.717) is 22.9 Å². The maximum atomic E-state index is 13.9. The zero-order valence-electron chi connectivity index (χ0n) is 22.1. The Bertz CT molecular complexity index is 1650.